The minimum absolute atomic E-state index is 0.00425. The molecule has 2 aromatic carbocycles. The number of carbonyl (C=O) groups is 2. The van der Waals surface area contributed by atoms with Crippen LogP contribution in [0.3, 0.4) is 0 Å². The predicted octanol–water partition coefficient (Wildman–Crippen LogP) is 5.73. The molecule has 0 saturated carbocycles. The molecule has 0 radical (unpaired) electrons. The smallest absolute Gasteiger partial charge is 0.243 e. The summed E-state index contributed by atoms with van der Waals surface area (Å²) in [5.41, 5.74) is 2.00. The molecule has 0 fully saturated rings. The topological polar surface area (TPSA) is 49.4 Å². The predicted molar refractivity (Wildman–Crippen MR) is 126 cm³/mol. The minimum Gasteiger partial charge on any atom is -0.352 e. The van der Waals surface area contributed by atoms with Gasteiger partial charge in [-0.2, -0.15) is 0 Å². The molecule has 0 heterocycles. The summed E-state index contributed by atoms with van der Waals surface area (Å²) in [7, 11) is 0. The highest BCUT2D eigenvalue weighted by Gasteiger charge is 2.29. The average Bonchev–Trinajstić information content (AvgIpc) is 2.69. The number of halogens is 2. The molecule has 0 bridgehead atoms. The van der Waals surface area contributed by atoms with E-state index in [4.69, 9.17) is 23.2 Å². The van der Waals surface area contributed by atoms with Gasteiger partial charge in [-0.25, -0.2) is 0 Å². The molecular formula is C23H28Cl2N2O2S. The zero-order chi connectivity index (χ0) is 22.3. The first-order chi connectivity index (χ1) is 14.2. The Labute approximate surface area is 193 Å². The number of hydrogen-bond acceptors (Lipinski definition) is 3. The van der Waals surface area contributed by atoms with Gasteiger partial charge in [0.05, 0.1) is 15.8 Å². The van der Waals surface area contributed by atoms with Crippen LogP contribution >= 0.6 is 35.0 Å². The van der Waals surface area contributed by atoms with Crippen molar-refractivity contribution < 1.29 is 9.59 Å². The maximum atomic E-state index is 13.2. The molecule has 4 nitrogen and oxygen atoms in total. The molecule has 0 aliphatic rings. The lowest BCUT2D eigenvalue weighted by Crippen LogP contribution is -2.50. The number of carbonyl (C=O) groups excluding carboxylic acids is 2. The van der Waals surface area contributed by atoms with Crippen LogP contribution in [0.25, 0.3) is 0 Å². The second-order valence-electron chi connectivity index (χ2n) is 7.46. The zero-order valence-corrected chi connectivity index (χ0v) is 20.1. The number of nitrogens with zero attached hydrogens (tertiary/aromatic N) is 1. The van der Waals surface area contributed by atoms with Gasteiger partial charge in [-0.15, -0.1) is 11.8 Å². The van der Waals surface area contributed by atoms with Gasteiger partial charge in [0, 0.05) is 17.5 Å². The van der Waals surface area contributed by atoms with Crippen LogP contribution < -0.4 is 5.32 Å². The van der Waals surface area contributed by atoms with Gasteiger partial charge in [0.15, 0.2) is 0 Å². The molecule has 0 aliphatic heterocycles. The number of benzene rings is 2. The fraction of sp³-hybridized carbons (Fsp3) is 0.391. The Balaban J connectivity index is 2.23. The van der Waals surface area contributed by atoms with Gasteiger partial charge in [0.1, 0.15) is 6.04 Å². The number of thioether (sulfide) groups is 1. The number of hydrogen-bond donors (Lipinski definition) is 1. The number of nitrogens with one attached hydrogen (secondary N) is 1. The van der Waals surface area contributed by atoms with E-state index in [1.54, 1.807) is 17.0 Å². The normalized spacial score (nSPS) is 12.0. The van der Waals surface area contributed by atoms with Gasteiger partial charge >= 0.3 is 0 Å². The molecule has 1 N–H and O–H groups in total. The van der Waals surface area contributed by atoms with Crippen LogP contribution in [0.1, 0.15) is 38.3 Å². The van der Waals surface area contributed by atoms with Crippen LogP contribution in [0.5, 0.6) is 0 Å². The van der Waals surface area contributed by atoms with E-state index in [1.165, 1.54) is 17.3 Å². The maximum Gasteiger partial charge on any atom is 0.243 e. The quantitative estimate of drug-likeness (QED) is 0.480. The van der Waals surface area contributed by atoms with E-state index in [1.807, 2.05) is 58.0 Å². The van der Waals surface area contributed by atoms with Gasteiger partial charge in [-0.3, -0.25) is 9.59 Å². The highest BCUT2D eigenvalue weighted by molar-refractivity contribution is 8.00. The van der Waals surface area contributed by atoms with Crippen LogP contribution in [0.2, 0.25) is 10.0 Å². The molecule has 2 aromatic rings. The average molecular weight is 467 g/mol. The molecule has 0 aliphatic carbocycles. The van der Waals surface area contributed by atoms with E-state index in [9.17, 15) is 9.59 Å². The third kappa shape index (κ3) is 7.22. The minimum atomic E-state index is -0.562. The molecular weight excluding hydrogens is 439 g/mol. The van der Waals surface area contributed by atoms with Crippen molar-refractivity contribution in [3.8, 4) is 0 Å². The number of rotatable bonds is 9. The van der Waals surface area contributed by atoms with E-state index in [0.29, 0.717) is 16.5 Å². The van der Waals surface area contributed by atoms with Crippen LogP contribution in [-0.2, 0) is 16.1 Å². The molecule has 0 unspecified atom stereocenters. The fourth-order valence-electron chi connectivity index (χ4n) is 3.00. The van der Waals surface area contributed by atoms with Crippen molar-refractivity contribution in [2.75, 3.05) is 5.75 Å². The first-order valence-electron chi connectivity index (χ1n) is 9.94. The van der Waals surface area contributed by atoms with Crippen molar-refractivity contribution in [1.82, 2.24) is 10.2 Å². The summed E-state index contributed by atoms with van der Waals surface area (Å²) in [6.45, 7) is 8.03. The van der Waals surface area contributed by atoms with E-state index in [0.717, 1.165) is 10.5 Å². The Morgan fingerprint density at radius 2 is 1.73 bits per heavy atom. The van der Waals surface area contributed by atoms with Crippen molar-refractivity contribution in [3.05, 3.63) is 63.6 Å². The van der Waals surface area contributed by atoms with E-state index in [-0.39, 0.29) is 30.2 Å². The second kappa shape index (κ2) is 11.6. The molecule has 2 amide bonds. The van der Waals surface area contributed by atoms with Crippen molar-refractivity contribution in [2.45, 2.75) is 57.6 Å². The van der Waals surface area contributed by atoms with Crippen molar-refractivity contribution in [2.24, 2.45) is 0 Å². The fourth-order valence-corrected chi connectivity index (χ4v) is 4.10. The summed E-state index contributed by atoms with van der Waals surface area (Å²) < 4.78 is 0. The molecule has 30 heavy (non-hydrogen) atoms. The SMILES string of the molecule is CC[C@H](C(=O)NC(C)C)N(Cc1ccc(Cl)c(Cl)c1)C(=O)CSc1ccc(C)cc1. The Morgan fingerprint density at radius 3 is 2.30 bits per heavy atom. The van der Waals surface area contributed by atoms with Crippen LogP contribution in [0.4, 0.5) is 0 Å². The number of aryl methyl sites for hydroxylation is 1. The first-order valence-corrected chi connectivity index (χ1v) is 11.7. The molecule has 162 valence electrons. The van der Waals surface area contributed by atoms with Crippen molar-refractivity contribution >= 4 is 46.8 Å². The number of amides is 2. The summed E-state index contributed by atoms with van der Waals surface area (Å²) in [6.07, 6.45) is 0.515. The van der Waals surface area contributed by atoms with Gasteiger partial charge in [0.2, 0.25) is 11.8 Å². The Kier molecular flexibility index (Phi) is 9.53. The van der Waals surface area contributed by atoms with Crippen molar-refractivity contribution in [3.63, 3.8) is 0 Å². The lowest BCUT2D eigenvalue weighted by Gasteiger charge is -2.31. The van der Waals surface area contributed by atoms with Gasteiger partial charge in [-0.05, 0) is 57.0 Å². The molecule has 7 heteroatoms. The molecule has 2 rings (SSSR count). The van der Waals surface area contributed by atoms with Crippen LogP contribution in [-0.4, -0.2) is 34.6 Å². The summed E-state index contributed by atoms with van der Waals surface area (Å²) in [6, 6.07) is 12.7. The lowest BCUT2D eigenvalue weighted by atomic mass is 10.1. The van der Waals surface area contributed by atoms with Gasteiger partial charge in [0.25, 0.3) is 0 Å². The van der Waals surface area contributed by atoms with E-state index in [2.05, 4.69) is 5.32 Å². The van der Waals surface area contributed by atoms with E-state index < -0.39 is 6.04 Å². The third-order valence-electron chi connectivity index (χ3n) is 4.54. The van der Waals surface area contributed by atoms with Crippen LogP contribution in [0, 0.1) is 6.92 Å². The van der Waals surface area contributed by atoms with Crippen LogP contribution in [0.15, 0.2) is 47.4 Å². The zero-order valence-electron chi connectivity index (χ0n) is 17.7. The largest absolute Gasteiger partial charge is 0.352 e. The molecule has 0 spiro atoms. The standard InChI is InChI=1S/C23H28Cl2N2O2S/c1-5-21(23(29)26-15(2)3)27(13-17-8-11-19(24)20(25)12-17)22(28)14-30-18-9-6-16(4)7-10-18/h6-12,15,21H,5,13-14H2,1-4H3,(H,26,29)/t21-/m1/s1. The second-order valence-corrected chi connectivity index (χ2v) is 9.32. The lowest BCUT2D eigenvalue weighted by molar-refractivity contribution is -0.139. The molecule has 0 aromatic heterocycles. The summed E-state index contributed by atoms with van der Waals surface area (Å²) in [5.74, 6) is -0.00538. The maximum absolute atomic E-state index is 13.2. The first kappa shape index (κ1) is 24.6. The highest BCUT2D eigenvalue weighted by Crippen LogP contribution is 2.25. The van der Waals surface area contributed by atoms with Crippen molar-refractivity contribution in [1.29, 1.82) is 0 Å². The highest BCUT2D eigenvalue weighted by atomic mass is 35.5. The summed E-state index contributed by atoms with van der Waals surface area (Å²) in [5, 5.41) is 3.81. The molecule has 1 atom stereocenters. The third-order valence-corrected chi connectivity index (χ3v) is 6.27. The Hall–Kier alpha value is -1.69. The van der Waals surface area contributed by atoms with Gasteiger partial charge < -0.3 is 10.2 Å². The Bertz CT molecular complexity index is 872. The van der Waals surface area contributed by atoms with Gasteiger partial charge in [-0.1, -0.05) is 53.9 Å². The Morgan fingerprint density at radius 1 is 1.07 bits per heavy atom. The van der Waals surface area contributed by atoms with E-state index >= 15 is 0 Å². The summed E-state index contributed by atoms with van der Waals surface area (Å²) >= 11 is 13.6. The summed E-state index contributed by atoms with van der Waals surface area (Å²) in [4.78, 5) is 28.6. The monoisotopic (exact) mass is 466 g/mol. The molecule has 0 saturated heterocycles.